The molecular formula is C15H20N2O2. The van der Waals surface area contributed by atoms with Crippen molar-refractivity contribution in [2.75, 3.05) is 0 Å². The summed E-state index contributed by atoms with van der Waals surface area (Å²) in [5, 5.41) is 2.71. The summed E-state index contributed by atoms with van der Waals surface area (Å²) in [6.45, 7) is 7.76. The minimum atomic E-state index is -0.811. The van der Waals surface area contributed by atoms with Crippen LogP contribution in [0, 0.1) is 6.92 Å². The summed E-state index contributed by atoms with van der Waals surface area (Å²) in [5.41, 5.74) is 1.40. The van der Waals surface area contributed by atoms with Crippen LogP contribution in [-0.2, 0) is 16.1 Å². The quantitative estimate of drug-likeness (QED) is 0.878. The van der Waals surface area contributed by atoms with Crippen molar-refractivity contribution >= 4 is 11.8 Å². The summed E-state index contributed by atoms with van der Waals surface area (Å²) in [5.74, 6) is -0.142. The molecule has 1 aliphatic heterocycles. The van der Waals surface area contributed by atoms with Crippen LogP contribution in [-0.4, -0.2) is 28.3 Å². The number of benzene rings is 1. The molecule has 4 heteroatoms. The first-order valence-corrected chi connectivity index (χ1v) is 6.50. The highest BCUT2D eigenvalue weighted by atomic mass is 16.2. The Morgan fingerprint density at radius 3 is 2.37 bits per heavy atom. The summed E-state index contributed by atoms with van der Waals surface area (Å²) < 4.78 is 0. The van der Waals surface area contributed by atoms with Gasteiger partial charge in [-0.05, 0) is 33.3 Å². The Bertz CT molecular complexity index is 505. The molecule has 4 nitrogen and oxygen atoms in total. The zero-order valence-electron chi connectivity index (χ0n) is 11.9. The van der Waals surface area contributed by atoms with E-state index in [2.05, 4.69) is 5.32 Å². The van der Waals surface area contributed by atoms with Crippen molar-refractivity contribution in [2.24, 2.45) is 0 Å². The topological polar surface area (TPSA) is 49.4 Å². The van der Waals surface area contributed by atoms with Gasteiger partial charge in [0.05, 0.1) is 0 Å². The Morgan fingerprint density at radius 1 is 1.21 bits per heavy atom. The van der Waals surface area contributed by atoms with Crippen LogP contribution in [0.5, 0.6) is 0 Å². The Hall–Kier alpha value is -1.84. The third-order valence-electron chi connectivity index (χ3n) is 3.68. The summed E-state index contributed by atoms with van der Waals surface area (Å²) in [4.78, 5) is 25.9. The first-order valence-electron chi connectivity index (χ1n) is 6.50. The maximum Gasteiger partial charge on any atom is 0.246 e. The molecule has 0 radical (unpaired) electrons. The van der Waals surface area contributed by atoms with E-state index in [1.165, 1.54) is 5.56 Å². The van der Waals surface area contributed by atoms with Crippen LogP contribution >= 0.6 is 0 Å². The van der Waals surface area contributed by atoms with Gasteiger partial charge < -0.3 is 10.2 Å². The van der Waals surface area contributed by atoms with Crippen LogP contribution < -0.4 is 5.32 Å². The van der Waals surface area contributed by atoms with E-state index in [1.807, 2.05) is 31.2 Å². The van der Waals surface area contributed by atoms with E-state index in [9.17, 15) is 9.59 Å². The number of rotatable bonds is 2. The van der Waals surface area contributed by atoms with E-state index in [-0.39, 0.29) is 11.8 Å². The second-order valence-electron chi connectivity index (χ2n) is 5.66. The van der Waals surface area contributed by atoms with Crippen molar-refractivity contribution in [3.8, 4) is 0 Å². The van der Waals surface area contributed by atoms with Crippen molar-refractivity contribution < 1.29 is 9.59 Å². The van der Waals surface area contributed by atoms with Crippen LogP contribution in [0.4, 0.5) is 0 Å². The van der Waals surface area contributed by atoms with Gasteiger partial charge in [-0.25, -0.2) is 0 Å². The molecule has 1 heterocycles. The fourth-order valence-electron chi connectivity index (χ4n) is 2.22. The van der Waals surface area contributed by atoms with Crippen molar-refractivity contribution in [2.45, 2.75) is 45.8 Å². The number of nitrogens with one attached hydrogen (secondary N) is 1. The van der Waals surface area contributed by atoms with Gasteiger partial charge in [-0.15, -0.1) is 0 Å². The number of amides is 2. The van der Waals surface area contributed by atoms with Gasteiger partial charge in [-0.2, -0.15) is 0 Å². The number of carbonyl (C=O) groups is 2. The molecule has 0 aliphatic carbocycles. The molecule has 0 saturated carbocycles. The molecule has 1 unspecified atom stereocenters. The average molecular weight is 260 g/mol. The van der Waals surface area contributed by atoms with Gasteiger partial charge in [-0.3, -0.25) is 9.59 Å². The summed E-state index contributed by atoms with van der Waals surface area (Å²) in [7, 11) is 0. The molecule has 0 aromatic heterocycles. The fraction of sp³-hybridized carbons (Fsp3) is 0.467. The fourth-order valence-corrected chi connectivity index (χ4v) is 2.22. The Balaban J connectivity index is 2.27. The van der Waals surface area contributed by atoms with Crippen molar-refractivity contribution in [1.82, 2.24) is 10.2 Å². The van der Waals surface area contributed by atoms with Crippen molar-refractivity contribution in [1.29, 1.82) is 0 Å². The number of carbonyl (C=O) groups excluding carboxylic acids is 2. The second-order valence-corrected chi connectivity index (χ2v) is 5.66. The number of piperazine rings is 1. The van der Waals surface area contributed by atoms with Gasteiger partial charge in [0, 0.05) is 6.54 Å². The van der Waals surface area contributed by atoms with Crippen LogP contribution in [0.2, 0.25) is 0 Å². The maximum atomic E-state index is 12.3. The molecular weight excluding hydrogens is 240 g/mol. The van der Waals surface area contributed by atoms with Gasteiger partial charge in [0.1, 0.15) is 11.6 Å². The number of aryl methyl sites for hydroxylation is 1. The van der Waals surface area contributed by atoms with E-state index in [1.54, 1.807) is 25.7 Å². The zero-order chi connectivity index (χ0) is 14.2. The number of hydrogen-bond acceptors (Lipinski definition) is 2. The third kappa shape index (κ3) is 2.48. The minimum absolute atomic E-state index is 0.0369. The molecule has 0 spiro atoms. The van der Waals surface area contributed by atoms with Crippen LogP contribution in [0.15, 0.2) is 24.3 Å². The zero-order valence-corrected chi connectivity index (χ0v) is 11.9. The molecule has 1 aromatic carbocycles. The third-order valence-corrected chi connectivity index (χ3v) is 3.68. The van der Waals surface area contributed by atoms with Crippen LogP contribution in [0.3, 0.4) is 0 Å². The number of hydrogen-bond donors (Lipinski definition) is 1. The summed E-state index contributed by atoms with van der Waals surface area (Å²) in [6, 6.07) is 7.57. The smallest absolute Gasteiger partial charge is 0.246 e. The molecule has 1 fully saturated rings. The molecule has 1 N–H and O–H groups in total. The normalized spacial score (nSPS) is 22.3. The average Bonchev–Trinajstić information content (AvgIpc) is 2.35. The van der Waals surface area contributed by atoms with E-state index in [0.717, 1.165) is 5.56 Å². The number of nitrogens with zero attached hydrogens (tertiary/aromatic N) is 1. The highest BCUT2D eigenvalue weighted by molar-refractivity contribution is 5.99. The van der Waals surface area contributed by atoms with Crippen molar-refractivity contribution in [3.05, 3.63) is 35.4 Å². The lowest BCUT2D eigenvalue weighted by Crippen LogP contribution is -2.67. The Morgan fingerprint density at radius 2 is 1.79 bits per heavy atom. The lowest BCUT2D eigenvalue weighted by atomic mass is 9.95. The van der Waals surface area contributed by atoms with E-state index in [4.69, 9.17) is 0 Å². The highest BCUT2D eigenvalue weighted by Gasteiger charge is 2.44. The first kappa shape index (κ1) is 13.6. The highest BCUT2D eigenvalue weighted by Crippen LogP contribution is 2.23. The SMILES string of the molecule is Cc1ccc(CN2C(=O)C(C)NC(=O)C2(C)C)cc1. The molecule has 1 saturated heterocycles. The molecule has 19 heavy (non-hydrogen) atoms. The van der Waals surface area contributed by atoms with Crippen LogP contribution in [0.25, 0.3) is 0 Å². The molecule has 2 amide bonds. The van der Waals surface area contributed by atoms with Gasteiger partial charge >= 0.3 is 0 Å². The van der Waals surface area contributed by atoms with Gasteiger partial charge in [-0.1, -0.05) is 29.8 Å². The Kier molecular flexibility index (Phi) is 3.35. The molecule has 1 atom stereocenters. The van der Waals surface area contributed by atoms with Crippen molar-refractivity contribution in [3.63, 3.8) is 0 Å². The summed E-state index contributed by atoms with van der Waals surface area (Å²) >= 11 is 0. The predicted molar refractivity (Wildman–Crippen MR) is 73.4 cm³/mol. The summed E-state index contributed by atoms with van der Waals surface area (Å²) in [6.07, 6.45) is 0. The predicted octanol–water partition coefficient (Wildman–Crippen LogP) is 1.62. The largest absolute Gasteiger partial charge is 0.343 e. The first-order chi connectivity index (χ1) is 8.82. The van der Waals surface area contributed by atoms with E-state index >= 15 is 0 Å². The molecule has 0 bridgehead atoms. The van der Waals surface area contributed by atoms with Gasteiger partial charge in [0.2, 0.25) is 11.8 Å². The minimum Gasteiger partial charge on any atom is -0.343 e. The van der Waals surface area contributed by atoms with Gasteiger partial charge in [0.15, 0.2) is 0 Å². The lowest BCUT2D eigenvalue weighted by Gasteiger charge is -2.43. The lowest BCUT2D eigenvalue weighted by molar-refractivity contribution is -0.155. The monoisotopic (exact) mass is 260 g/mol. The Labute approximate surface area is 113 Å². The molecule has 2 rings (SSSR count). The van der Waals surface area contributed by atoms with Gasteiger partial charge in [0.25, 0.3) is 0 Å². The standard InChI is InChI=1S/C15H20N2O2/c1-10-5-7-12(8-6-10)9-17-13(18)11(2)16-14(19)15(17,3)4/h5-8,11H,9H2,1-4H3,(H,16,19). The second kappa shape index (κ2) is 4.68. The molecule has 102 valence electrons. The van der Waals surface area contributed by atoms with Crippen LogP contribution in [0.1, 0.15) is 31.9 Å². The molecule has 1 aromatic rings. The van der Waals surface area contributed by atoms with E-state index in [0.29, 0.717) is 6.54 Å². The molecule has 1 aliphatic rings. The maximum absolute atomic E-state index is 12.3. The van der Waals surface area contributed by atoms with E-state index < -0.39 is 11.6 Å².